The third-order valence-electron chi connectivity index (χ3n) is 3.12. The van der Waals surface area contributed by atoms with Crippen LogP contribution in [0.3, 0.4) is 0 Å². The second-order valence-electron chi connectivity index (χ2n) is 6.70. The predicted octanol–water partition coefficient (Wildman–Crippen LogP) is 2.87. The van der Waals surface area contributed by atoms with Crippen molar-refractivity contribution in [3.8, 4) is 5.75 Å². The van der Waals surface area contributed by atoms with E-state index in [9.17, 15) is 9.59 Å². The van der Waals surface area contributed by atoms with Crippen LogP contribution in [-0.2, 0) is 14.3 Å². The van der Waals surface area contributed by atoms with E-state index in [4.69, 9.17) is 9.47 Å². The van der Waals surface area contributed by atoms with E-state index in [2.05, 4.69) is 0 Å². The Morgan fingerprint density at radius 2 is 1.83 bits per heavy atom. The van der Waals surface area contributed by atoms with Crippen molar-refractivity contribution in [2.75, 3.05) is 20.2 Å². The summed E-state index contributed by atoms with van der Waals surface area (Å²) in [5.41, 5.74) is 1.66. The number of hydrogen-bond acceptors (Lipinski definition) is 4. The molecule has 0 aliphatic carbocycles. The van der Waals surface area contributed by atoms with Crippen LogP contribution in [0, 0.1) is 13.8 Å². The second kappa shape index (κ2) is 7.99. The van der Waals surface area contributed by atoms with E-state index in [-0.39, 0.29) is 25.5 Å². The van der Waals surface area contributed by atoms with E-state index in [1.165, 1.54) is 10.5 Å². The number of hydrogen-bond donors (Lipinski definition) is 0. The molecule has 1 aromatic rings. The van der Waals surface area contributed by atoms with Gasteiger partial charge in [0.1, 0.15) is 17.9 Å². The monoisotopic (exact) mass is 321 g/mol. The van der Waals surface area contributed by atoms with Crippen molar-refractivity contribution >= 4 is 11.9 Å². The number of esters is 1. The van der Waals surface area contributed by atoms with Gasteiger partial charge in [-0.05, 0) is 46.2 Å². The lowest BCUT2D eigenvalue weighted by atomic mass is 10.1. The highest BCUT2D eigenvalue weighted by Gasteiger charge is 2.19. The zero-order valence-electron chi connectivity index (χ0n) is 14.9. The number of rotatable bonds is 6. The van der Waals surface area contributed by atoms with Gasteiger partial charge in [0.2, 0.25) is 5.91 Å². The van der Waals surface area contributed by atoms with Gasteiger partial charge in [0.25, 0.3) is 0 Å². The molecule has 0 aromatic heterocycles. The van der Waals surface area contributed by atoms with E-state index in [0.717, 1.165) is 11.3 Å². The number of carbonyl (C=O) groups excluding carboxylic acids is 2. The summed E-state index contributed by atoms with van der Waals surface area (Å²) >= 11 is 0. The molecule has 0 aliphatic heterocycles. The number of likely N-dealkylation sites (N-methyl/N-ethyl adjacent to an activating group) is 1. The van der Waals surface area contributed by atoms with E-state index in [0.29, 0.717) is 0 Å². The molecule has 0 atom stereocenters. The van der Waals surface area contributed by atoms with E-state index < -0.39 is 11.6 Å². The van der Waals surface area contributed by atoms with Gasteiger partial charge in [-0.1, -0.05) is 17.7 Å². The maximum absolute atomic E-state index is 12.0. The molecule has 5 nitrogen and oxygen atoms in total. The molecule has 1 aromatic carbocycles. The highest BCUT2D eigenvalue weighted by Crippen LogP contribution is 2.18. The maximum Gasteiger partial charge on any atom is 0.326 e. The van der Waals surface area contributed by atoms with Gasteiger partial charge >= 0.3 is 5.97 Å². The van der Waals surface area contributed by atoms with Gasteiger partial charge in [0.05, 0.1) is 13.0 Å². The Morgan fingerprint density at radius 3 is 2.39 bits per heavy atom. The molecule has 0 bridgehead atoms. The average molecular weight is 321 g/mol. The number of nitrogens with zero attached hydrogens (tertiary/aromatic N) is 1. The Balaban J connectivity index is 2.39. The fraction of sp³-hybridized carbons (Fsp3) is 0.556. The molecule has 0 saturated carbocycles. The minimum absolute atomic E-state index is 0.0559. The lowest BCUT2D eigenvalue weighted by Gasteiger charge is -2.22. The largest absolute Gasteiger partial charge is 0.493 e. The summed E-state index contributed by atoms with van der Waals surface area (Å²) in [5, 5.41) is 0. The van der Waals surface area contributed by atoms with Gasteiger partial charge in [-0.15, -0.1) is 0 Å². The summed E-state index contributed by atoms with van der Waals surface area (Å²) in [6.07, 6.45) is 0.215. The van der Waals surface area contributed by atoms with Crippen molar-refractivity contribution in [2.45, 2.75) is 46.6 Å². The quantitative estimate of drug-likeness (QED) is 0.756. The summed E-state index contributed by atoms with van der Waals surface area (Å²) in [5.74, 6) is 0.211. The lowest BCUT2D eigenvalue weighted by Crippen LogP contribution is -2.36. The molecule has 1 rings (SSSR count). The molecular weight excluding hydrogens is 294 g/mol. The summed E-state index contributed by atoms with van der Waals surface area (Å²) in [6.45, 7) is 9.60. The fourth-order valence-corrected chi connectivity index (χ4v) is 2.06. The number of carbonyl (C=O) groups is 2. The highest BCUT2D eigenvalue weighted by molar-refractivity contribution is 5.82. The first-order valence-electron chi connectivity index (χ1n) is 7.74. The summed E-state index contributed by atoms with van der Waals surface area (Å²) < 4.78 is 10.8. The standard InChI is InChI=1S/C18H27NO4/c1-13-7-8-15(14(2)11-13)22-10-9-16(20)19(6)12-17(21)23-18(3,4)5/h7-8,11H,9-10,12H2,1-6H3. The number of benzene rings is 1. The molecular formula is C18H27NO4. The predicted molar refractivity (Wildman–Crippen MR) is 89.5 cm³/mol. The van der Waals surface area contributed by atoms with Crippen LogP contribution < -0.4 is 4.74 Å². The van der Waals surface area contributed by atoms with E-state index in [1.807, 2.05) is 32.0 Å². The molecule has 0 fully saturated rings. The van der Waals surface area contributed by atoms with Crippen LogP contribution in [0.4, 0.5) is 0 Å². The smallest absolute Gasteiger partial charge is 0.326 e. The Labute approximate surface area is 138 Å². The number of ether oxygens (including phenoxy) is 2. The van der Waals surface area contributed by atoms with Crippen LogP contribution in [0.25, 0.3) is 0 Å². The molecule has 5 heteroatoms. The topological polar surface area (TPSA) is 55.8 Å². The Hall–Kier alpha value is -2.04. The van der Waals surface area contributed by atoms with Gasteiger partial charge in [0.15, 0.2) is 0 Å². The third kappa shape index (κ3) is 7.17. The average Bonchev–Trinajstić information content (AvgIpc) is 2.38. The molecule has 0 spiro atoms. The molecule has 0 radical (unpaired) electrons. The van der Waals surface area contributed by atoms with Gasteiger partial charge < -0.3 is 14.4 Å². The molecule has 0 heterocycles. The van der Waals surface area contributed by atoms with Crippen LogP contribution in [0.1, 0.15) is 38.3 Å². The van der Waals surface area contributed by atoms with Crippen molar-refractivity contribution in [3.63, 3.8) is 0 Å². The lowest BCUT2D eigenvalue weighted by molar-refractivity contribution is -0.158. The Kier molecular flexibility index (Phi) is 6.61. The molecule has 23 heavy (non-hydrogen) atoms. The van der Waals surface area contributed by atoms with Crippen molar-refractivity contribution in [3.05, 3.63) is 29.3 Å². The van der Waals surface area contributed by atoms with Gasteiger partial charge in [0, 0.05) is 7.05 Å². The molecule has 0 unspecified atom stereocenters. The minimum Gasteiger partial charge on any atom is -0.493 e. The van der Waals surface area contributed by atoms with E-state index in [1.54, 1.807) is 27.8 Å². The number of aryl methyl sites for hydroxylation is 2. The van der Waals surface area contributed by atoms with E-state index >= 15 is 0 Å². The molecule has 1 amide bonds. The normalized spacial score (nSPS) is 11.0. The molecule has 0 aliphatic rings. The van der Waals surface area contributed by atoms with Crippen molar-refractivity contribution < 1.29 is 19.1 Å². The summed E-state index contributed by atoms with van der Waals surface area (Å²) in [6, 6.07) is 5.91. The van der Waals surface area contributed by atoms with Crippen molar-refractivity contribution in [2.24, 2.45) is 0 Å². The van der Waals surface area contributed by atoms with Crippen LogP contribution in [0.5, 0.6) is 5.75 Å². The zero-order chi connectivity index (χ0) is 17.6. The van der Waals surface area contributed by atoms with Crippen LogP contribution >= 0.6 is 0 Å². The SMILES string of the molecule is Cc1ccc(OCCC(=O)N(C)CC(=O)OC(C)(C)C)c(C)c1. The van der Waals surface area contributed by atoms with Crippen LogP contribution in [0.15, 0.2) is 18.2 Å². The molecule has 0 saturated heterocycles. The first-order chi connectivity index (χ1) is 10.6. The summed E-state index contributed by atoms with van der Waals surface area (Å²) in [7, 11) is 1.59. The zero-order valence-corrected chi connectivity index (χ0v) is 14.9. The van der Waals surface area contributed by atoms with Gasteiger partial charge in [-0.25, -0.2) is 0 Å². The highest BCUT2D eigenvalue weighted by atomic mass is 16.6. The van der Waals surface area contributed by atoms with Gasteiger partial charge in [-0.3, -0.25) is 9.59 Å². The third-order valence-corrected chi connectivity index (χ3v) is 3.12. The first kappa shape index (κ1) is 19.0. The van der Waals surface area contributed by atoms with Crippen molar-refractivity contribution in [1.29, 1.82) is 0 Å². The maximum atomic E-state index is 12.0. The summed E-state index contributed by atoms with van der Waals surface area (Å²) in [4.78, 5) is 25.1. The second-order valence-corrected chi connectivity index (χ2v) is 6.70. The minimum atomic E-state index is -0.549. The van der Waals surface area contributed by atoms with Crippen LogP contribution in [0.2, 0.25) is 0 Å². The molecule has 128 valence electrons. The Morgan fingerprint density at radius 1 is 1.17 bits per heavy atom. The van der Waals surface area contributed by atoms with Gasteiger partial charge in [-0.2, -0.15) is 0 Å². The fourth-order valence-electron chi connectivity index (χ4n) is 2.06. The molecule has 0 N–H and O–H groups in total. The number of amides is 1. The van der Waals surface area contributed by atoms with Crippen LogP contribution in [-0.4, -0.2) is 42.6 Å². The first-order valence-corrected chi connectivity index (χ1v) is 7.74. The van der Waals surface area contributed by atoms with Crippen molar-refractivity contribution in [1.82, 2.24) is 4.90 Å². The Bertz CT molecular complexity index is 561.